The van der Waals surface area contributed by atoms with Gasteiger partial charge in [-0.15, -0.1) is 0 Å². The van der Waals surface area contributed by atoms with Crippen LogP contribution in [0.5, 0.6) is 0 Å². The van der Waals surface area contributed by atoms with Gasteiger partial charge in [-0.05, 0) is 30.5 Å². The van der Waals surface area contributed by atoms with Crippen LogP contribution in [-0.2, 0) is 11.3 Å². The fourth-order valence-electron chi connectivity index (χ4n) is 3.17. The molecule has 21 heavy (non-hydrogen) atoms. The molecule has 0 heterocycles. The van der Waals surface area contributed by atoms with Crippen molar-refractivity contribution in [2.75, 3.05) is 11.9 Å². The third kappa shape index (κ3) is 4.85. The molecule has 1 fully saturated rings. The number of anilines is 1. The number of rotatable bonds is 7. The molecule has 116 valence electrons. The largest absolute Gasteiger partial charge is 0.326 e. The number of hydrogen-bond acceptors (Lipinski definition) is 2. The highest BCUT2D eigenvalue weighted by Gasteiger charge is 2.22. The Morgan fingerprint density at radius 2 is 2.00 bits per heavy atom. The molecule has 0 radical (unpaired) electrons. The van der Waals surface area contributed by atoms with E-state index in [-0.39, 0.29) is 11.8 Å². The van der Waals surface area contributed by atoms with Crippen LogP contribution >= 0.6 is 0 Å². The maximum absolute atomic E-state index is 12.4. The molecule has 2 rings (SSSR count). The maximum Gasteiger partial charge on any atom is 0.227 e. The normalized spacial score (nSPS) is 16.9. The van der Waals surface area contributed by atoms with Crippen LogP contribution < -0.4 is 10.6 Å². The standard InChI is InChI=1S/C18H28N2O/c1-3-19-13-16-10-6-7-11-17(16)20-18(21)14(2)12-15-8-4-5-9-15/h6-7,10-11,14-15,19H,3-5,8-9,12-13H2,1-2H3,(H,20,21). The maximum atomic E-state index is 12.4. The highest BCUT2D eigenvalue weighted by atomic mass is 16.1. The summed E-state index contributed by atoms with van der Waals surface area (Å²) in [6, 6.07) is 8.06. The van der Waals surface area contributed by atoms with Crippen molar-refractivity contribution in [3.05, 3.63) is 29.8 Å². The molecule has 1 atom stereocenters. The van der Waals surface area contributed by atoms with Crippen molar-refractivity contribution >= 4 is 11.6 Å². The molecule has 3 heteroatoms. The van der Waals surface area contributed by atoms with Crippen molar-refractivity contribution in [2.45, 2.75) is 52.5 Å². The summed E-state index contributed by atoms with van der Waals surface area (Å²) >= 11 is 0. The molecule has 0 bridgehead atoms. The molecule has 3 nitrogen and oxygen atoms in total. The lowest BCUT2D eigenvalue weighted by atomic mass is 9.94. The van der Waals surface area contributed by atoms with E-state index in [2.05, 4.69) is 30.5 Å². The molecule has 0 saturated heterocycles. The summed E-state index contributed by atoms with van der Waals surface area (Å²) in [6.45, 7) is 5.87. The van der Waals surface area contributed by atoms with Gasteiger partial charge in [0.1, 0.15) is 0 Å². The van der Waals surface area contributed by atoms with E-state index in [1.165, 1.54) is 25.7 Å². The second kappa shape index (κ2) is 8.18. The number of nitrogens with one attached hydrogen (secondary N) is 2. The van der Waals surface area contributed by atoms with Crippen molar-refractivity contribution in [1.29, 1.82) is 0 Å². The first kappa shape index (κ1) is 16.0. The van der Waals surface area contributed by atoms with E-state index in [9.17, 15) is 4.79 Å². The van der Waals surface area contributed by atoms with Gasteiger partial charge in [0, 0.05) is 18.2 Å². The first-order valence-corrected chi connectivity index (χ1v) is 8.30. The highest BCUT2D eigenvalue weighted by molar-refractivity contribution is 5.93. The third-order valence-electron chi connectivity index (χ3n) is 4.45. The van der Waals surface area contributed by atoms with Crippen molar-refractivity contribution in [2.24, 2.45) is 11.8 Å². The third-order valence-corrected chi connectivity index (χ3v) is 4.45. The zero-order valence-electron chi connectivity index (χ0n) is 13.3. The minimum absolute atomic E-state index is 0.0975. The summed E-state index contributed by atoms with van der Waals surface area (Å²) in [7, 11) is 0. The molecule has 1 aliphatic rings. The summed E-state index contributed by atoms with van der Waals surface area (Å²) in [5.74, 6) is 1.01. The van der Waals surface area contributed by atoms with Gasteiger partial charge < -0.3 is 10.6 Å². The molecule has 1 aliphatic carbocycles. The lowest BCUT2D eigenvalue weighted by Gasteiger charge is -2.17. The molecule has 1 unspecified atom stereocenters. The lowest BCUT2D eigenvalue weighted by Crippen LogP contribution is -2.23. The van der Waals surface area contributed by atoms with Crippen LogP contribution in [0.2, 0.25) is 0 Å². The smallest absolute Gasteiger partial charge is 0.227 e. The van der Waals surface area contributed by atoms with E-state index >= 15 is 0 Å². The first-order valence-electron chi connectivity index (χ1n) is 8.30. The van der Waals surface area contributed by atoms with E-state index < -0.39 is 0 Å². The molecular weight excluding hydrogens is 260 g/mol. The molecule has 1 aromatic carbocycles. The predicted octanol–water partition coefficient (Wildman–Crippen LogP) is 3.95. The first-order chi connectivity index (χ1) is 10.2. The Kier molecular flexibility index (Phi) is 6.24. The Morgan fingerprint density at radius 3 is 2.71 bits per heavy atom. The quantitative estimate of drug-likeness (QED) is 0.797. The van der Waals surface area contributed by atoms with Gasteiger partial charge in [0.15, 0.2) is 0 Å². The Bertz CT molecular complexity index is 452. The highest BCUT2D eigenvalue weighted by Crippen LogP contribution is 2.30. The average molecular weight is 288 g/mol. The van der Waals surface area contributed by atoms with Crippen LogP contribution in [0.15, 0.2) is 24.3 Å². The minimum Gasteiger partial charge on any atom is -0.326 e. The molecule has 0 aliphatic heterocycles. The van der Waals surface area contributed by atoms with E-state index in [1.54, 1.807) is 0 Å². The number of carbonyl (C=O) groups excluding carboxylic acids is 1. The monoisotopic (exact) mass is 288 g/mol. The Balaban J connectivity index is 1.91. The Hall–Kier alpha value is -1.35. The SMILES string of the molecule is CCNCc1ccccc1NC(=O)C(C)CC1CCCC1. The fraction of sp³-hybridized carbons (Fsp3) is 0.611. The van der Waals surface area contributed by atoms with Crippen LogP contribution in [0.4, 0.5) is 5.69 Å². The molecule has 1 aromatic rings. The van der Waals surface area contributed by atoms with Gasteiger partial charge >= 0.3 is 0 Å². The van der Waals surface area contributed by atoms with E-state index in [4.69, 9.17) is 0 Å². The second-order valence-electron chi connectivity index (χ2n) is 6.21. The van der Waals surface area contributed by atoms with Crippen LogP contribution in [0.3, 0.4) is 0 Å². The number of benzene rings is 1. The summed E-state index contributed by atoms with van der Waals surface area (Å²) in [4.78, 5) is 12.4. The van der Waals surface area contributed by atoms with Gasteiger partial charge in [-0.2, -0.15) is 0 Å². The molecule has 0 spiro atoms. The van der Waals surface area contributed by atoms with Crippen molar-refractivity contribution < 1.29 is 4.79 Å². The lowest BCUT2D eigenvalue weighted by molar-refractivity contribution is -0.119. The van der Waals surface area contributed by atoms with Gasteiger partial charge in [0.2, 0.25) is 5.91 Å². The number of para-hydroxylation sites is 1. The topological polar surface area (TPSA) is 41.1 Å². The number of carbonyl (C=O) groups is 1. The van der Waals surface area contributed by atoms with Crippen molar-refractivity contribution in [3.8, 4) is 0 Å². The second-order valence-corrected chi connectivity index (χ2v) is 6.21. The molecule has 2 N–H and O–H groups in total. The average Bonchev–Trinajstić information content (AvgIpc) is 2.99. The number of hydrogen-bond donors (Lipinski definition) is 2. The van der Waals surface area contributed by atoms with Gasteiger partial charge in [0.25, 0.3) is 0 Å². The Morgan fingerprint density at radius 1 is 1.29 bits per heavy atom. The van der Waals surface area contributed by atoms with Crippen molar-refractivity contribution in [1.82, 2.24) is 5.32 Å². The summed E-state index contributed by atoms with van der Waals surface area (Å²) in [5.41, 5.74) is 2.10. The summed E-state index contributed by atoms with van der Waals surface area (Å²) < 4.78 is 0. The fourth-order valence-corrected chi connectivity index (χ4v) is 3.17. The molecule has 0 aromatic heterocycles. The number of amides is 1. The molecular formula is C18H28N2O. The van der Waals surface area contributed by atoms with Gasteiger partial charge in [0.05, 0.1) is 0 Å². The van der Waals surface area contributed by atoms with Crippen molar-refractivity contribution in [3.63, 3.8) is 0 Å². The summed E-state index contributed by atoms with van der Waals surface area (Å²) in [5, 5.41) is 6.43. The van der Waals surface area contributed by atoms with Crippen LogP contribution in [0, 0.1) is 11.8 Å². The Labute approximate surface area is 128 Å². The predicted molar refractivity (Wildman–Crippen MR) is 88.2 cm³/mol. The minimum atomic E-state index is 0.0975. The van der Waals surface area contributed by atoms with Gasteiger partial charge in [-0.3, -0.25) is 4.79 Å². The van der Waals surface area contributed by atoms with Gasteiger partial charge in [-0.25, -0.2) is 0 Å². The van der Waals surface area contributed by atoms with Crippen LogP contribution in [-0.4, -0.2) is 12.5 Å². The zero-order valence-corrected chi connectivity index (χ0v) is 13.3. The van der Waals surface area contributed by atoms with Crippen LogP contribution in [0.25, 0.3) is 0 Å². The van der Waals surface area contributed by atoms with E-state index in [0.29, 0.717) is 0 Å². The molecule has 1 amide bonds. The van der Waals surface area contributed by atoms with Crippen LogP contribution in [0.1, 0.15) is 51.5 Å². The molecule has 1 saturated carbocycles. The zero-order chi connectivity index (χ0) is 15.1. The van der Waals surface area contributed by atoms with E-state index in [1.807, 2.05) is 18.2 Å². The van der Waals surface area contributed by atoms with E-state index in [0.717, 1.165) is 36.7 Å². The summed E-state index contributed by atoms with van der Waals surface area (Å²) in [6.07, 6.45) is 6.31. The van der Waals surface area contributed by atoms with Gasteiger partial charge in [-0.1, -0.05) is 57.7 Å².